The van der Waals surface area contributed by atoms with Gasteiger partial charge in [-0.25, -0.2) is 4.79 Å². The predicted molar refractivity (Wildman–Crippen MR) is 124 cm³/mol. The van der Waals surface area contributed by atoms with Crippen molar-refractivity contribution >= 4 is 29.2 Å². The minimum atomic E-state index is -0.359. The topological polar surface area (TPSA) is 97.2 Å². The van der Waals surface area contributed by atoms with Crippen LogP contribution in [0.2, 0.25) is 0 Å². The second-order valence-corrected chi connectivity index (χ2v) is 8.68. The quantitative estimate of drug-likeness (QED) is 0.482. The molecule has 0 radical (unpaired) electrons. The summed E-state index contributed by atoms with van der Waals surface area (Å²) in [4.78, 5) is 44.5. The van der Waals surface area contributed by atoms with Crippen molar-refractivity contribution in [2.24, 2.45) is 5.92 Å². The first kappa shape index (κ1) is 24.1. The first-order valence-electron chi connectivity index (χ1n) is 11.2. The number of fused-ring (bicyclic) bond motifs is 1. The maximum absolute atomic E-state index is 12.9. The fourth-order valence-electron chi connectivity index (χ4n) is 4.03. The van der Waals surface area contributed by atoms with Crippen LogP contribution >= 0.6 is 0 Å². The number of rotatable bonds is 6. The fraction of sp³-hybridized carbons (Fsp3) is 0.500. The third kappa shape index (κ3) is 5.28. The molecule has 0 saturated carbocycles. The highest BCUT2D eigenvalue weighted by Crippen LogP contribution is 2.40. The van der Waals surface area contributed by atoms with Crippen molar-refractivity contribution in [3.05, 3.63) is 35.7 Å². The van der Waals surface area contributed by atoms with E-state index in [1.807, 2.05) is 68.1 Å². The van der Waals surface area contributed by atoms with Crippen LogP contribution in [0.1, 0.15) is 26.7 Å². The molecule has 1 fully saturated rings. The first-order valence-corrected chi connectivity index (χ1v) is 11.2. The number of Topliss-reactive ketones (excluding diaryl/α,β-unsaturated/α-hetero) is 1. The molecule has 2 aliphatic rings. The maximum atomic E-state index is 12.9. The number of hydrogen-bond acceptors (Lipinski definition) is 7. The van der Waals surface area contributed by atoms with Crippen LogP contribution in [0.5, 0.6) is 0 Å². The van der Waals surface area contributed by atoms with Crippen LogP contribution in [0.15, 0.2) is 35.7 Å². The lowest BCUT2D eigenvalue weighted by molar-refractivity contribution is -0.134. The number of carbonyl (C=O) groups excluding carboxylic acids is 3. The Balaban J connectivity index is 1.56. The fourth-order valence-corrected chi connectivity index (χ4v) is 4.03. The zero-order valence-electron chi connectivity index (χ0n) is 19.7. The first-order chi connectivity index (χ1) is 15.7. The number of nitrogens with zero attached hydrogens (tertiary/aromatic N) is 5. The number of ether oxygens (including phenoxy) is 1. The van der Waals surface area contributed by atoms with E-state index in [1.165, 1.54) is 0 Å². The number of para-hydroxylation sites is 2. The number of hydrogen-bond donors (Lipinski definition) is 0. The number of amides is 2. The van der Waals surface area contributed by atoms with Gasteiger partial charge in [0.1, 0.15) is 17.5 Å². The van der Waals surface area contributed by atoms with Gasteiger partial charge in [-0.15, -0.1) is 0 Å². The largest absolute Gasteiger partial charge is 0.449 e. The Morgan fingerprint density at radius 1 is 0.970 bits per heavy atom. The Morgan fingerprint density at radius 3 is 2.03 bits per heavy atom. The van der Waals surface area contributed by atoms with Crippen LogP contribution in [0.4, 0.5) is 16.2 Å². The average molecular weight is 454 g/mol. The number of piperazine rings is 1. The molecule has 2 amide bonds. The minimum absolute atomic E-state index is 0.0233. The summed E-state index contributed by atoms with van der Waals surface area (Å²) in [5, 5.41) is 9.72. The number of allylic oxidation sites excluding steroid dienone is 1. The third-order valence-corrected chi connectivity index (χ3v) is 5.85. The lowest BCUT2D eigenvalue weighted by atomic mass is 10.1. The Bertz CT molecular complexity index is 958. The monoisotopic (exact) mass is 453 g/mol. The predicted octanol–water partition coefficient (Wildman–Crippen LogP) is 2.59. The summed E-state index contributed by atoms with van der Waals surface area (Å²) in [6, 6.07) is 9.72. The summed E-state index contributed by atoms with van der Waals surface area (Å²) < 4.78 is 5.24. The molecule has 33 heavy (non-hydrogen) atoms. The Kier molecular flexibility index (Phi) is 7.59. The summed E-state index contributed by atoms with van der Waals surface area (Å²) in [5.74, 6) is 0.269. The maximum Gasteiger partial charge on any atom is 0.409 e. The van der Waals surface area contributed by atoms with Gasteiger partial charge < -0.3 is 24.3 Å². The molecule has 0 unspecified atom stereocenters. The molecule has 9 nitrogen and oxygen atoms in total. The van der Waals surface area contributed by atoms with Crippen LogP contribution in [0.25, 0.3) is 0 Å². The van der Waals surface area contributed by atoms with Crippen molar-refractivity contribution in [1.29, 1.82) is 5.26 Å². The molecule has 2 aliphatic heterocycles. The van der Waals surface area contributed by atoms with E-state index in [9.17, 15) is 19.6 Å². The molecule has 1 aromatic rings. The Labute approximate surface area is 194 Å². The summed E-state index contributed by atoms with van der Waals surface area (Å²) in [7, 11) is 3.64. The number of anilines is 2. The van der Waals surface area contributed by atoms with Gasteiger partial charge in [0.05, 0.1) is 18.0 Å². The van der Waals surface area contributed by atoms with Crippen molar-refractivity contribution in [2.75, 3.05) is 56.7 Å². The van der Waals surface area contributed by atoms with Gasteiger partial charge >= 0.3 is 6.09 Å². The van der Waals surface area contributed by atoms with E-state index >= 15 is 0 Å². The van der Waals surface area contributed by atoms with E-state index in [0.717, 1.165) is 11.4 Å². The molecule has 0 aromatic heterocycles. The van der Waals surface area contributed by atoms with E-state index in [2.05, 4.69) is 0 Å². The molecule has 0 bridgehead atoms. The molecule has 0 atom stereocenters. The van der Waals surface area contributed by atoms with Gasteiger partial charge in [-0.1, -0.05) is 26.0 Å². The van der Waals surface area contributed by atoms with Crippen molar-refractivity contribution in [2.45, 2.75) is 26.7 Å². The third-order valence-electron chi connectivity index (χ3n) is 5.85. The molecular weight excluding hydrogens is 422 g/mol. The summed E-state index contributed by atoms with van der Waals surface area (Å²) in [6.45, 7) is 5.91. The Morgan fingerprint density at radius 2 is 1.52 bits per heavy atom. The number of nitriles is 1. The number of benzene rings is 1. The molecule has 176 valence electrons. The van der Waals surface area contributed by atoms with Gasteiger partial charge in [0, 0.05) is 53.1 Å². The minimum Gasteiger partial charge on any atom is -0.449 e. The average Bonchev–Trinajstić information content (AvgIpc) is 3.07. The normalized spacial score (nSPS) is 15.5. The van der Waals surface area contributed by atoms with Crippen LogP contribution < -0.4 is 9.80 Å². The molecule has 2 heterocycles. The van der Waals surface area contributed by atoms with Gasteiger partial charge in [-0.3, -0.25) is 9.59 Å². The highest BCUT2D eigenvalue weighted by molar-refractivity contribution is 6.03. The SMILES string of the molecule is CC(C)COC(=O)N1CCN(C(=O)CCC(=O)C(C#N)=C2N(C)c3ccccc3N2C)CC1. The van der Waals surface area contributed by atoms with Gasteiger partial charge in [0.15, 0.2) is 5.78 Å². The van der Waals surface area contributed by atoms with Gasteiger partial charge in [0.2, 0.25) is 5.91 Å². The molecular formula is C24H31N5O4. The lowest BCUT2D eigenvalue weighted by Crippen LogP contribution is -2.50. The van der Waals surface area contributed by atoms with E-state index in [4.69, 9.17) is 4.74 Å². The van der Waals surface area contributed by atoms with Crippen LogP contribution in [-0.4, -0.2) is 74.5 Å². The van der Waals surface area contributed by atoms with Crippen LogP contribution in [-0.2, 0) is 14.3 Å². The van der Waals surface area contributed by atoms with Crippen LogP contribution in [0.3, 0.4) is 0 Å². The van der Waals surface area contributed by atoms with E-state index in [1.54, 1.807) is 9.80 Å². The smallest absolute Gasteiger partial charge is 0.409 e. The van der Waals surface area contributed by atoms with Crippen molar-refractivity contribution in [1.82, 2.24) is 9.80 Å². The zero-order chi connectivity index (χ0) is 24.1. The van der Waals surface area contributed by atoms with Gasteiger partial charge in [-0.2, -0.15) is 5.26 Å². The summed E-state index contributed by atoms with van der Waals surface area (Å²) in [5.41, 5.74) is 1.87. The van der Waals surface area contributed by atoms with Gasteiger partial charge in [0.25, 0.3) is 0 Å². The molecule has 0 spiro atoms. The molecule has 9 heteroatoms. The van der Waals surface area contributed by atoms with Crippen molar-refractivity contribution in [3.63, 3.8) is 0 Å². The summed E-state index contributed by atoms with van der Waals surface area (Å²) in [6.07, 6.45) is -0.378. The molecule has 0 N–H and O–H groups in total. The summed E-state index contributed by atoms with van der Waals surface area (Å²) >= 11 is 0. The van der Waals surface area contributed by atoms with Gasteiger partial charge in [-0.05, 0) is 18.1 Å². The van der Waals surface area contributed by atoms with E-state index in [0.29, 0.717) is 38.6 Å². The molecule has 3 rings (SSSR count). The highest BCUT2D eigenvalue weighted by Gasteiger charge is 2.32. The number of ketones is 1. The van der Waals surface area contributed by atoms with Crippen LogP contribution in [0, 0.1) is 17.2 Å². The second-order valence-electron chi connectivity index (χ2n) is 8.68. The molecule has 1 saturated heterocycles. The zero-order valence-corrected chi connectivity index (χ0v) is 19.7. The second kappa shape index (κ2) is 10.4. The molecule has 0 aliphatic carbocycles. The lowest BCUT2D eigenvalue weighted by Gasteiger charge is -2.34. The van der Waals surface area contributed by atoms with E-state index in [-0.39, 0.29) is 42.1 Å². The van der Waals surface area contributed by atoms with Crippen molar-refractivity contribution in [3.8, 4) is 6.07 Å². The number of carbonyl (C=O) groups is 3. The molecule has 1 aromatic carbocycles. The van der Waals surface area contributed by atoms with Crippen molar-refractivity contribution < 1.29 is 19.1 Å². The Hall–Kier alpha value is -3.54. The van der Waals surface area contributed by atoms with E-state index < -0.39 is 0 Å². The highest BCUT2D eigenvalue weighted by atomic mass is 16.6. The standard InChI is InChI=1S/C24H31N5O4/c1-17(2)16-33-24(32)29-13-11-28(12-14-29)22(31)10-9-21(30)18(15-25)23-26(3)19-7-5-6-8-20(19)27(23)4/h5-8,17H,9-14,16H2,1-4H3.